The lowest BCUT2D eigenvalue weighted by Crippen LogP contribution is -1.85. The molecule has 0 saturated heterocycles. The lowest BCUT2D eigenvalue weighted by molar-refractivity contribution is 1.35. The highest BCUT2D eigenvalue weighted by atomic mass is 79.9. The van der Waals surface area contributed by atoms with Gasteiger partial charge in [-0.25, -0.2) is 4.98 Å². The normalized spacial score (nSPS) is 10.8. The third-order valence-corrected chi connectivity index (χ3v) is 3.23. The molecule has 2 aromatic rings. The van der Waals surface area contributed by atoms with E-state index in [1.165, 1.54) is 4.70 Å². The predicted molar refractivity (Wildman–Crippen MR) is 56.5 cm³/mol. The van der Waals surface area contributed by atoms with Crippen molar-refractivity contribution in [3.8, 4) is 0 Å². The molecule has 1 heterocycles. The number of nitrogen functional groups attached to an aromatic ring is 1. The summed E-state index contributed by atoms with van der Waals surface area (Å²) in [5.41, 5.74) is 7.44. The summed E-state index contributed by atoms with van der Waals surface area (Å²) in [6, 6.07) is 3.90. The number of halogens is 1. The number of hydrogen-bond donors (Lipinski definition) is 1. The summed E-state index contributed by atoms with van der Waals surface area (Å²) in [6.45, 7) is 1.99. The molecule has 0 aliphatic carbocycles. The first-order chi connectivity index (χ1) is 5.66. The number of rotatable bonds is 0. The highest BCUT2D eigenvalue weighted by Gasteiger charge is 2.03. The van der Waals surface area contributed by atoms with Gasteiger partial charge in [-0.3, -0.25) is 0 Å². The number of anilines is 1. The van der Waals surface area contributed by atoms with Gasteiger partial charge in [0.1, 0.15) is 0 Å². The van der Waals surface area contributed by atoms with Crippen LogP contribution < -0.4 is 5.73 Å². The number of benzene rings is 1. The minimum absolute atomic E-state index is 0.743. The maximum Gasteiger partial charge on any atom is 0.0907 e. The van der Waals surface area contributed by atoms with Crippen LogP contribution in [0.2, 0.25) is 0 Å². The number of thiazole rings is 1. The van der Waals surface area contributed by atoms with E-state index in [1.54, 1.807) is 11.3 Å². The first-order valence-corrected chi connectivity index (χ1v) is 5.10. The highest BCUT2D eigenvalue weighted by molar-refractivity contribution is 9.10. The molecule has 62 valence electrons. The van der Waals surface area contributed by atoms with E-state index in [0.717, 1.165) is 20.7 Å². The molecule has 1 aromatic carbocycles. The van der Waals surface area contributed by atoms with Crippen molar-refractivity contribution in [3.05, 3.63) is 21.6 Å². The Balaban J connectivity index is 2.83. The molecule has 4 heteroatoms. The van der Waals surface area contributed by atoms with Crippen LogP contribution in [-0.4, -0.2) is 4.98 Å². The summed E-state index contributed by atoms with van der Waals surface area (Å²) in [6.07, 6.45) is 0. The van der Waals surface area contributed by atoms with Gasteiger partial charge in [-0.05, 0) is 35.0 Å². The number of fused-ring (bicyclic) bond motifs is 1. The Kier molecular flexibility index (Phi) is 1.81. The minimum atomic E-state index is 0.743. The molecule has 0 spiro atoms. The van der Waals surface area contributed by atoms with Gasteiger partial charge in [0.2, 0.25) is 0 Å². The van der Waals surface area contributed by atoms with Crippen molar-refractivity contribution >= 4 is 43.2 Å². The molecular weight excluding hydrogens is 236 g/mol. The van der Waals surface area contributed by atoms with Gasteiger partial charge in [-0.1, -0.05) is 0 Å². The second-order valence-electron chi connectivity index (χ2n) is 2.57. The summed E-state index contributed by atoms with van der Waals surface area (Å²) in [4.78, 5) is 4.33. The van der Waals surface area contributed by atoms with Gasteiger partial charge in [0.25, 0.3) is 0 Å². The van der Waals surface area contributed by atoms with E-state index in [4.69, 9.17) is 5.73 Å². The van der Waals surface area contributed by atoms with E-state index in [-0.39, 0.29) is 0 Å². The molecule has 1 aromatic heterocycles. The molecule has 0 bridgehead atoms. The minimum Gasteiger partial charge on any atom is -0.398 e. The van der Waals surface area contributed by atoms with Crippen molar-refractivity contribution in [2.45, 2.75) is 6.92 Å². The van der Waals surface area contributed by atoms with Crippen LogP contribution in [0.1, 0.15) is 5.01 Å². The van der Waals surface area contributed by atoms with Gasteiger partial charge in [-0.2, -0.15) is 0 Å². The average Bonchev–Trinajstić information content (AvgIpc) is 2.30. The van der Waals surface area contributed by atoms with Gasteiger partial charge in [0.05, 0.1) is 15.2 Å². The third kappa shape index (κ3) is 1.21. The monoisotopic (exact) mass is 242 g/mol. The van der Waals surface area contributed by atoms with Crippen LogP contribution in [0, 0.1) is 6.92 Å². The second-order valence-corrected chi connectivity index (χ2v) is 4.66. The van der Waals surface area contributed by atoms with Crippen molar-refractivity contribution < 1.29 is 0 Å². The lowest BCUT2D eigenvalue weighted by Gasteiger charge is -1.95. The molecule has 12 heavy (non-hydrogen) atoms. The van der Waals surface area contributed by atoms with Crippen LogP contribution in [0.5, 0.6) is 0 Å². The molecule has 0 unspecified atom stereocenters. The summed E-state index contributed by atoms with van der Waals surface area (Å²) >= 11 is 5.06. The molecule has 0 radical (unpaired) electrons. The molecule has 2 nitrogen and oxygen atoms in total. The van der Waals surface area contributed by atoms with E-state index >= 15 is 0 Å². The molecule has 0 fully saturated rings. The summed E-state index contributed by atoms with van der Waals surface area (Å²) < 4.78 is 2.12. The number of nitrogens with two attached hydrogens (primary N) is 1. The quantitative estimate of drug-likeness (QED) is 0.722. The van der Waals surface area contributed by atoms with Gasteiger partial charge in [-0.15, -0.1) is 11.3 Å². The van der Waals surface area contributed by atoms with E-state index in [1.807, 2.05) is 19.1 Å². The van der Waals surface area contributed by atoms with Gasteiger partial charge >= 0.3 is 0 Å². The molecule has 0 saturated carbocycles. The van der Waals surface area contributed by atoms with Crippen LogP contribution in [0.3, 0.4) is 0 Å². The predicted octanol–water partition coefficient (Wildman–Crippen LogP) is 2.95. The molecule has 0 amide bonds. The SMILES string of the molecule is Cc1nc2cc(N)c(Br)cc2s1. The fourth-order valence-electron chi connectivity index (χ4n) is 1.08. The van der Waals surface area contributed by atoms with E-state index in [9.17, 15) is 0 Å². The smallest absolute Gasteiger partial charge is 0.0907 e. The lowest BCUT2D eigenvalue weighted by atomic mass is 10.3. The average molecular weight is 243 g/mol. The molecule has 0 aliphatic rings. The Morgan fingerprint density at radius 2 is 2.25 bits per heavy atom. The fraction of sp³-hybridized carbons (Fsp3) is 0.125. The molecule has 0 atom stereocenters. The topological polar surface area (TPSA) is 38.9 Å². The van der Waals surface area contributed by atoms with Crippen molar-refractivity contribution in [1.29, 1.82) is 0 Å². The van der Waals surface area contributed by atoms with Crippen molar-refractivity contribution in [3.63, 3.8) is 0 Å². The van der Waals surface area contributed by atoms with Crippen LogP contribution in [0.15, 0.2) is 16.6 Å². The zero-order valence-corrected chi connectivity index (χ0v) is 8.87. The Bertz CT molecular complexity index is 397. The van der Waals surface area contributed by atoms with Crippen LogP contribution in [-0.2, 0) is 0 Å². The van der Waals surface area contributed by atoms with Crippen molar-refractivity contribution in [2.24, 2.45) is 0 Å². The molecule has 2 N–H and O–H groups in total. The standard InChI is InChI=1S/C8H7BrN2S/c1-4-11-7-3-6(10)5(9)2-8(7)12-4/h2-3H,10H2,1H3. The van der Waals surface area contributed by atoms with Crippen LogP contribution in [0.4, 0.5) is 5.69 Å². The Morgan fingerprint density at radius 1 is 1.50 bits per heavy atom. The molecule has 2 rings (SSSR count). The third-order valence-electron chi connectivity index (χ3n) is 1.61. The van der Waals surface area contributed by atoms with Gasteiger partial charge < -0.3 is 5.73 Å². The first-order valence-electron chi connectivity index (χ1n) is 3.49. The zero-order chi connectivity index (χ0) is 8.72. The first kappa shape index (κ1) is 8.01. The van der Waals surface area contributed by atoms with Crippen molar-refractivity contribution in [1.82, 2.24) is 4.98 Å². The second kappa shape index (κ2) is 2.71. The van der Waals surface area contributed by atoms with Gasteiger partial charge in [0.15, 0.2) is 0 Å². The van der Waals surface area contributed by atoms with Gasteiger partial charge in [0, 0.05) is 10.2 Å². The van der Waals surface area contributed by atoms with E-state index < -0.39 is 0 Å². The maximum absolute atomic E-state index is 5.71. The van der Waals surface area contributed by atoms with E-state index in [2.05, 4.69) is 20.9 Å². The van der Waals surface area contributed by atoms with Crippen LogP contribution in [0.25, 0.3) is 10.2 Å². The maximum atomic E-state index is 5.71. The van der Waals surface area contributed by atoms with Crippen LogP contribution >= 0.6 is 27.3 Å². The number of aromatic nitrogens is 1. The molecular formula is C8H7BrN2S. The zero-order valence-electron chi connectivity index (χ0n) is 6.47. The Hall–Kier alpha value is -0.610. The summed E-state index contributed by atoms with van der Waals surface area (Å²) in [7, 11) is 0. The Morgan fingerprint density at radius 3 is 3.00 bits per heavy atom. The summed E-state index contributed by atoms with van der Waals surface area (Å²) in [5.74, 6) is 0. The summed E-state index contributed by atoms with van der Waals surface area (Å²) in [5, 5.41) is 1.07. The fourth-order valence-corrected chi connectivity index (χ4v) is 2.42. The van der Waals surface area contributed by atoms with E-state index in [0.29, 0.717) is 0 Å². The number of nitrogens with zero attached hydrogens (tertiary/aromatic N) is 1. The molecule has 0 aliphatic heterocycles. The highest BCUT2D eigenvalue weighted by Crippen LogP contribution is 2.29. The van der Waals surface area contributed by atoms with Crippen molar-refractivity contribution in [2.75, 3.05) is 5.73 Å². The Labute approximate surface area is 82.5 Å². The largest absolute Gasteiger partial charge is 0.398 e. The number of hydrogen-bond acceptors (Lipinski definition) is 3. The number of aryl methyl sites for hydroxylation is 1.